The van der Waals surface area contributed by atoms with Crippen molar-refractivity contribution in [2.75, 3.05) is 0 Å². The molecule has 0 radical (unpaired) electrons. The fourth-order valence-corrected chi connectivity index (χ4v) is 1.44. The standard InChI is InChI=1S/C11H15N3O/c1-9(11-5-6-14(2)13-11)12-8-10-4-3-7-15-10/h3-7,9,12H,8H2,1-2H3. The van der Waals surface area contributed by atoms with Crippen LogP contribution in [0.3, 0.4) is 0 Å². The number of furan rings is 1. The van der Waals surface area contributed by atoms with Gasteiger partial charge in [-0.2, -0.15) is 5.10 Å². The van der Waals surface area contributed by atoms with Gasteiger partial charge in [-0.1, -0.05) is 0 Å². The molecule has 0 aromatic carbocycles. The van der Waals surface area contributed by atoms with E-state index in [2.05, 4.69) is 17.3 Å². The van der Waals surface area contributed by atoms with Gasteiger partial charge in [-0.15, -0.1) is 0 Å². The largest absolute Gasteiger partial charge is 0.468 e. The number of rotatable bonds is 4. The zero-order valence-electron chi connectivity index (χ0n) is 8.97. The first kappa shape index (κ1) is 9.98. The molecular weight excluding hydrogens is 190 g/mol. The van der Waals surface area contributed by atoms with Gasteiger partial charge < -0.3 is 9.73 Å². The van der Waals surface area contributed by atoms with Gasteiger partial charge in [0.15, 0.2) is 0 Å². The Morgan fingerprint density at radius 1 is 1.53 bits per heavy atom. The van der Waals surface area contributed by atoms with Crippen molar-refractivity contribution >= 4 is 0 Å². The van der Waals surface area contributed by atoms with Crippen LogP contribution in [0.2, 0.25) is 0 Å². The Balaban J connectivity index is 1.90. The van der Waals surface area contributed by atoms with Gasteiger partial charge in [0.05, 0.1) is 18.5 Å². The van der Waals surface area contributed by atoms with Gasteiger partial charge in [0, 0.05) is 19.3 Å². The van der Waals surface area contributed by atoms with Crippen LogP contribution in [-0.2, 0) is 13.6 Å². The lowest BCUT2D eigenvalue weighted by Gasteiger charge is -2.09. The van der Waals surface area contributed by atoms with Crippen molar-refractivity contribution in [3.05, 3.63) is 42.1 Å². The van der Waals surface area contributed by atoms with Crippen molar-refractivity contribution in [3.63, 3.8) is 0 Å². The first-order valence-corrected chi connectivity index (χ1v) is 5.01. The van der Waals surface area contributed by atoms with Crippen LogP contribution < -0.4 is 5.32 Å². The molecule has 2 aromatic rings. The summed E-state index contributed by atoms with van der Waals surface area (Å²) in [5.74, 6) is 0.942. The van der Waals surface area contributed by atoms with E-state index < -0.39 is 0 Å². The third-order valence-corrected chi connectivity index (χ3v) is 2.34. The van der Waals surface area contributed by atoms with Crippen LogP contribution in [0.5, 0.6) is 0 Å². The summed E-state index contributed by atoms with van der Waals surface area (Å²) < 4.78 is 7.04. The van der Waals surface area contributed by atoms with E-state index >= 15 is 0 Å². The summed E-state index contributed by atoms with van der Waals surface area (Å²) in [4.78, 5) is 0. The van der Waals surface area contributed by atoms with Crippen LogP contribution in [0.4, 0.5) is 0 Å². The van der Waals surface area contributed by atoms with Gasteiger partial charge in [-0.25, -0.2) is 0 Å². The SMILES string of the molecule is CC(NCc1ccco1)c1ccn(C)n1. The second-order valence-electron chi connectivity index (χ2n) is 3.60. The quantitative estimate of drug-likeness (QED) is 0.828. The van der Waals surface area contributed by atoms with Gasteiger partial charge in [-0.05, 0) is 25.1 Å². The molecule has 1 unspecified atom stereocenters. The smallest absolute Gasteiger partial charge is 0.117 e. The first-order chi connectivity index (χ1) is 7.25. The summed E-state index contributed by atoms with van der Waals surface area (Å²) in [6.45, 7) is 2.82. The maximum Gasteiger partial charge on any atom is 0.117 e. The number of hydrogen-bond acceptors (Lipinski definition) is 3. The van der Waals surface area contributed by atoms with Crippen LogP contribution in [0.1, 0.15) is 24.4 Å². The number of nitrogens with one attached hydrogen (secondary N) is 1. The molecule has 4 nitrogen and oxygen atoms in total. The Hall–Kier alpha value is -1.55. The molecule has 0 aliphatic carbocycles. The normalized spacial score (nSPS) is 12.9. The molecule has 0 saturated carbocycles. The minimum atomic E-state index is 0.233. The highest BCUT2D eigenvalue weighted by atomic mass is 16.3. The van der Waals surface area contributed by atoms with E-state index in [1.807, 2.05) is 31.4 Å². The van der Waals surface area contributed by atoms with Gasteiger partial charge in [0.1, 0.15) is 5.76 Å². The second-order valence-corrected chi connectivity index (χ2v) is 3.60. The topological polar surface area (TPSA) is 43.0 Å². The molecule has 0 fully saturated rings. The second kappa shape index (κ2) is 4.31. The maximum atomic E-state index is 5.24. The van der Waals surface area contributed by atoms with E-state index in [1.54, 1.807) is 10.9 Å². The predicted octanol–water partition coefficient (Wildman–Crippen LogP) is 1.86. The molecule has 80 valence electrons. The van der Waals surface area contributed by atoms with E-state index in [1.165, 1.54) is 0 Å². The van der Waals surface area contributed by atoms with E-state index in [9.17, 15) is 0 Å². The Kier molecular flexibility index (Phi) is 2.87. The molecule has 2 aromatic heterocycles. The van der Waals surface area contributed by atoms with Gasteiger partial charge in [0.25, 0.3) is 0 Å². The van der Waals surface area contributed by atoms with Gasteiger partial charge >= 0.3 is 0 Å². The van der Waals surface area contributed by atoms with E-state index in [-0.39, 0.29) is 6.04 Å². The Labute approximate surface area is 88.9 Å². The third-order valence-electron chi connectivity index (χ3n) is 2.34. The molecule has 0 saturated heterocycles. The third kappa shape index (κ3) is 2.47. The first-order valence-electron chi connectivity index (χ1n) is 5.01. The number of nitrogens with zero attached hydrogens (tertiary/aromatic N) is 2. The van der Waals surface area contributed by atoms with Crippen LogP contribution in [0, 0.1) is 0 Å². The Morgan fingerprint density at radius 3 is 3.00 bits per heavy atom. The van der Waals surface area contributed by atoms with E-state index in [0.29, 0.717) is 0 Å². The lowest BCUT2D eigenvalue weighted by Crippen LogP contribution is -2.18. The number of hydrogen-bond donors (Lipinski definition) is 1. The molecule has 4 heteroatoms. The van der Waals surface area contributed by atoms with Crippen molar-refractivity contribution in [3.8, 4) is 0 Å². The monoisotopic (exact) mass is 205 g/mol. The highest BCUT2D eigenvalue weighted by Crippen LogP contribution is 2.10. The maximum absolute atomic E-state index is 5.24. The van der Waals surface area contributed by atoms with E-state index in [0.717, 1.165) is 18.0 Å². The Morgan fingerprint density at radius 2 is 2.40 bits per heavy atom. The van der Waals surface area contributed by atoms with Crippen LogP contribution in [0.25, 0.3) is 0 Å². The van der Waals surface area contributed by atoms with Crippen LogP contribution >= 0.6 is 0 Å². The number of aryl methyl sites for hydroxylation is 1. The summed E-state index contributed by atoms with van der Waals surface area (Å²) in [6.07, 6.45) is 3.63. The molecule has 0 spiro atoms. The zero-order chi connectivity index (χ0) is 10.7. The zero-order valence-corrected chi connectivity index (χ0v) is 8.97. The van der Waals surface area contributed by atoms with Crippen LogP contribution in [0.15, 0.2) is 35.1 Å². The molecule has 1 N–H and O–H groups in total. The molecule has 0 bridgehead atoms. The van der Waals surface area contributed by atoms with Crippen molar-refractivity contribution in [1.29, 1.82) is 0 Å². The molecule has 15 heavy (non-hydrogen) atoms. The lowest BCUT2D eigenvalue weighted by atomic mass is 10.2. The molecule has 1 atom stereocenters. The van der Waals surface area contributed by atoms with Crippen molar-refractivity contribution < 1.29 is 4.42 Å². The van der Waals surface area contributed by atoms with Crippen molar-refractivity contribution in [1.82, 2.24) is 15.1 Å². The predicted molar refractivity (Wildman–Crippen MR) is 57.2 cm³/mol. The van der Waals surface area contributed by atoms with E-state index in [4.69, 9.17) is 4.42 Å². The van der Waals surface area contributed by atoms with Crippen LogP contribution in [-0.4, -0.2) is 9.78 Å². The number of aromatic nitrogens is 2. The highest BCUT2D eigenvalue weighted by molar-refractivity contribution is 5.05. The molecule has 2 heterocycles. The highest BCUT2D eigenvalue weighted by Gasteiger charge is 2.07. The summed E-state index contributed by atoms with van der Waals surface area (Å²) >= 11 is 0. The average molecular weight is 205 g/mol. The lowest BCUT2D eigenvalue weighted by molar-refractivity contribution is 0.456. The van der Waals surface area contributed by atoms with Crippen molar-refractivity contribution in [2.45, 2.75) is 19.5 Å². The molecule has 2 rings (SSSR count). The summed E-state index contributed by atoms with van der Waals surface area (Å²) in [5, 5.41) is 7.68. The summed E-state index contributed by atoms with van der Waals surface area (Å²) in [7, 11) is 1.92. The van der Waals surface area contributed by atoms with Gasteiger partial charge in [-0.3, -0.25) is 4.68 Å². The molecule has 0 aliphatic heterocycles. The Bertz CT molecular complexity index is 405. The summed E-state index contributed by atoms with van der Waals surface area (Å²) in [6, 6.07) is 6.09. The minimum absolute atomic E-state index is 0.233. The fraction of sp³-hybridized carbons (Fsp3) is 0.364. The van der Waals surface area contributed by atoms with Crippen molar-refractivity contribution in [2.24, 2.45) is 7.05 Å². The average Bonchev–Trinajstić information content (AvgIpc) is 2.84. The summed E-state index contributed by atoms with van der Waals surface area (Å²) in [5.41, 5.74) is 1.05. The molecular formula is C11H15N3O. The van der Waals surface area contributed by atoms with Gasteiger partial charge in [0.2, 0.25) is 0 Å². The molecule has 0 amide bonds. The molecule has 0 aliphatic rings. The minimum Gasteiger partial charge on any atom is -0.468 e. The fourth-order valence-electron chi connectivity index (χ4n) is 1.44.